The van der Waals surface area contributed by atoms with E-state index in [0.717, 1.165) is 42.3 Å². The summed E-state index contributed by atoms with van der Waals surface area (Å²) in [6, 6.07) is 12.5. The summed E-state index contributed by atoms with van der Waals surface area (Å²) >= 11 is 0. The predicted molar refractivity (Wildman–Crippen MR) is 145 cm³/mol. The van der Waals surface area contributed by atoms with Gasteiger partial charge in [-0.3, -0.25) is 0 Å². The maximum Gasteiger partial charge on any atom is 0.458 e. The average Bonchev–Trinajstić information content (AvgIpc) is 2.95. The zero-order valence-electron chi connectivity index (χ0n) is 22.6. The van der Waals surface area contributed by atoms with Crippen molar-refractivity contribution < 1.29 is 53.0 Å². The molecule has 5 aromatic rings. The van der Waals surface area contributed by atoms with E-state index in [2.05, 4.69) is 16.6 Å². The van der Waals surface area contributed by atoms with Crippen molar-refractivity contribution in [2.45, 2.75) is 12.3 Å². The van der Waals surface area contributed by atoms with Crippen LogP contribution in [0, 0.1) is 58.6 Å². The van der Waals surface area contributed by atoms with Gasteiger partial charge in [-0.1, -0.05) is 42.0 Å². The van der Waals surface area contributed by atoms with Crippen molar-refractivity contribution in [3.63, 3.8) is 0 Å². The third kappa shape index (κ3) is 6.76. The Kier molecular flexibility index (Phi) is 8.42. The highest BCUT2D eigenvalue weighted by atomic mass is 19.4. The van der Waals surface area contributed by atoms with Gasteiger partial charge in [0.2, 0.25) is 0 Å². The molecule has 0 atom stereocenters. The molecule has 0 aromatic heterocycles. The molecule has 0 amide bonds. The molecule has 0 spiro atoms. The Hall–Kier alpha value is -5.49. The molecule has 0 fully saturated rings. The summed E-state index contributed by atoms with van der Waals surface area (Å²) in [5.74, 6) is -2.22. The van der Waals surface area contributed by atoms with Crippen molar-refractivity contribution in [1.29, 1.82) is 0 Å². The van der Waals surface area contributed by atoms with Crippen LogP contribution in [0.25, 0.3) is 21.9 Å². The minimum atomic E-state index is -5.00. The number of fused-ring (bicyclic) bond motifs is 1. The second kappa shape index (κ2) is 12.1. The Morgan fingerprint density at radius 1 is 0.587 bits per heavy atom. The molecule has 0 aliphatic rings. The molecular weight excluding hydrogens is 633 g/mol. The Labute approximate surface area is 252 Å². The first kappa shape index (κ1) is 31.9. The molecule has 5 aromatic carbocycles. The maximum absolute atomic E-state index is 15.0. The van der Waals surface area contributed by atoms with E-state index in [1.807, 2.05) is 0 Å². The van der Waals surface area contributed by atoms with E-state index in [4.69, 9.17) is 0 Å². The fourth-order valence-electron chi connectivity index (χ4n) is 4.36. The number of ether oxygens (including phenoxy) is 1. The molecule has 0 aliphatic carbocycles. The Morgan fingerprint density at radius 2 is 1.28 bits per heavy atom. The lowest BCUT2D eigenvalue weighted by molar-refractivity contribution is -0.189. The third-order valence-electron chi connectivity index (χ3n) is 6.40. The van der Waals surface area contributed by atoms with Gasteiger partial charge >= 0.3 is 12.3 Å². The number of rotatable bonds is 4. The van der Waals surface area contributed by atoms with Crippen LogP contribution in [0.3, 0.4) is 0 Å². The first-order valence-electron chi connectivity index (χ1n) is 12.8. The van der Waals surface area contributed by atoms with Crippen LogP contribution in [0.5, 0.6) is 5.75 Å². The Balaban J connectivity index is 1.41. The second-order valence-electron chi connectivity index (χ2n) is 9.54. The van der Waals surface area contributed by atoms with E-state index in [9.17, 15) is 43.9 Å². The molecule has 5 rings (SSSR count). The number of hydrogen-bond donors (Lipinski definition) is 0. The quantitative estimate of drug-likeness (QED) is 0.140. The maximum atomic E-state index is 15.0. The minimum Gasteiger partial charge on any atom is -0.429 e. The van der Waals surface area contributed by atoms with Crippen LogP contribution >= 0.6 is 0 Å². The summed E-state index contributed by atoms with van der Waals surface area (Å²) in [5, 5.41) is -0.505. The molecule has 1 nitrogen and oxygen atoms in total. The summed E-state index contributed by atoms with van der Waals surface area (Å²) in [7, 11) is 0. The molecule has 12 heteroatoms. The van der Waals surface area contributed by atoms with Crippen LogP contribution in [0.4, 0.5) is 48.3 Å². The molecular formula is C34H13F11O. The Morgan fingerprint density at radius 3 is 1.93 bits per heavy atom. The van der Waals surface area contributed by atoms with Gasteiger partial charge in [0.05, 0.1) is 11.1 Å². The Bertz CT molecular complexity index is 2100. The zero-order chi connectivity index (χ0) is 33.4. The lowest BCUT2D eigenvalue weighted by Gasteiger charge is -2.20. The lowest BCUT2D eigenvalue weighted by Crippen LogP contribution is -2.25. The van der Waals surface area contributed by atoms with Gasteiger partial charge in [-0.25, -0.2) is 26.3 Å². The SMILES string of the molecule is Fc1ccccc1C#Cc1cc(F)c(C(F)(F)Oc2ccc(-c3ccc4c(F)c(C#CC(F)(F)F)c(F)cc4c3)c(F)c2)c(F)c1. The first-order valence-corrected chi connectivity index (χ1v) is 12.8. The van der Waals surface area contributed by atoms with Crippen molar-refractivity contribution in [2.24, 2.45) is 0 Å². The molecule has 232 valence electrons. The predicted octanol–water partition coefficient (Wildman–Crippen LogP) is 9.78. The standard InChI is InChI=1S/C34H13F11O/c35-26-4-2-1-3-19(26)6-5-18-13-29(38)31(30(39)14-18)34(44,45)46-22-8-10-23(28(37)17-22)20-7-9-24-21(15-20)16-27(36)25(32(24)40)11-12-33(41,42)43/h1-4,7-10,13-17H. The van der Waals surface area contributed by atoms with Gasteiger partial charge in [-0.2, -0.15) is 22.0 Å². The highest BCUT2D eigenvalue weighted by Gasteiger charge is 2.41. The smallest absolute Gasteiger partial charge is 0.429 e. The van der Waals surface area contributed by atoms with Crippen LogP contribution in [0.15, 0.2) is 78.9 Å². The summed E-state index contributed by atoms with van der Waals surface area (Å²) in [4.78, 5) is 0. The van der Waals surface area contributed by atoms with Gasteiger partial charge in [0, 0.05) is 28.5 Å². The molecule has 0 N–H and O–H groups in total. The van der Waals surface area contributed by atoms with Crippen LogP contribution < -0.4 is 4.74 Å². The topological polar surface area (TPSA) is 9.23 Å². The van der Waals surface area contributed by atoms with Gasteiger partial charge in [-0.05, 0) is 59.5 Å². The molecule has 0 unspecified atom stereocenters. The molecule has 0 heterocycles. The van der Waals surface area contributed by atoms with Gasteiger partial charge in [0.25, 0.3) is 0 Å². The molecule has 0 aliphatic heterocycles. The van der Waals surface area contributed by atoms with E-state index in [1.165, 1.54) is 24.1 Å². The van der Waals surface area contributed by atoms with Crippen molar-refractivity contribution in [3.8, 4) is 40.6 Å². The van der Waals surface area contributed by atoms with E-state index < -0.39 is 64.1 Å². The molecule has 0 saturated carbocycles. The van der Waals surface area contributed by atoms with Crippen molar-refractivity contribution in [2.75, 3.05) is 0 Å². The molecule has 0 bridgehead atoms. The summed E-state index contributed by atoms with van der Waals surface area (Å²) < 4.78 is 159. The van der Waals surface area contributed by atoms with E-state index in [1.54, 1.807) is 0 Å². The third-order valence-corrected chi connectivity index (χ3v) is 6.40. The van der Waals surface area contributed by atoms with Gasteiger partial charge < -0.3 is 4.74 Å². The lowest BCUT2D eigenvalue weighted by atomic mass is 9.98. The summed E-state index contributed by atoms with van der Waals surface area (Å²) in [5.41, 5.74) is -3.68. The van der Waals surface area contributed by atoms with Crippen molar-refractivity contribution in [3.05, 3.63) is 136 Å². The van der Waals surface area contributed by atoms with Crippen molar-refractivity contribution >= 4 is 10.8 Å². The fraction of sp³-hybridized carbons (Fsp3) is 0.0588. The number of hydrogen-bond acceptors (Lipinski definition) is 1. The van der Waals surface area contributed by atoms with Crippen LogP contribution in [-0.2, 0) is 6.11 Å². The normalized spacial score (nSPS) is 11.5. The van der Waals surface area contributed by atoms with Crippen molar-refractivity contribution in [1.82, 2.24) is 0 Å². The summed E-state index contributed by atoms with van der Waals surface area (Å²) in [6.07, 6.45) is -9.65. The van der Waals surface area contributed by atoms with E-state index in [0.29, 0.717) is 24.3 Å². The fourth-order valence-corrected chi connectivity index (χ4v) is 4.36. The van der Waals surface area contributed by atoms with Gasteiger partial charge in [0.15, 0.2) is 0 Å². The zero-order valence-corrected chi connectivity index (χ0v) is 22.6. The molecule has 0 radical (unpaired) electrons. The van der Waals surface area contributed by atoms with E-state index >= 15 is 4.39 Å². The van der Waals surface area contributed by atoms with Crippen LogP contribution in [0.1, 0.15) is 22.3 Å². The number of halogens is 11. The van der Waals surface area contributed by atoms with Crippen LogP contribution in [-0.4, -0.2) is 6.18 Å². The monoisotopic (exact) mass is 646 g/mol. The second-order valence-corrected chi connectivity index (χ2v) is 9.54. The van der Waals surface area contributed by atoms with E-state index in [-0.39, 0.29) is 33.0 Å². The largest absolute Gasteiger partial charge is 0.458 e. The van der Waals surface area contributed by atoms with Gasteiger partial charge in [-0.15, -0.1) is 0 Å². The number of benzene rings is 5. The number of alkyl halides is 5. The first-order chi connectivity index (χ1) is 21.6. The highest BCUT2D eigenvalue weighted by molar-refractivity contribution is 5.89. The average molecular weight is 646 g/mol. The highest BCUT2D eigenvalue weighted by Crippen LogP contribution is 2.37. The minimum absolute atomic E-state index is 0.0135. The molecule has 0 saturated heterocycles. The summed E-state index contributed by atoms with van der Waals surface area (Å²) in [6.45, 7) is 0. The molecule has 46 heavy (non-hydrogen) atoms. The van der Waals surface area contributed by atoms with Crippen LogP contribution in [0.2, 0.25) is 0 Å². The van der Waals surface area contributed by atoms with Gasteiger partial charge in [0.1, 0.15) is 46.2 Å².